The van der Waals surface area contributed by atoms with Crippen molar-refractivity contribution < 1.29 is 27.6 Å². The van der Waals surface area contributed by atoms with E-state index in [1.54, 1.807) is 29.3 Å². The van der Waals surface area contributed by atoms with Gasteiger partial charge >= 0.3 is 0 Å². The molecule has 2 amide bonds. The number of aromatic amines is 1. The number of Topliss-reactive ketones (excluding diaryl/α,β-unsaturated/α-hetero) is 2. The van der Waals surface area contributed by atoms with Crippen LogP contribution in [0.5, 0.6) is 0 Å². The first-order chi connectivity index (χ1) is 24.9. The first kappa shape index (κ1) is 38.2. The zero-order valence-electron chi connectivity index (χ0n) is 32.6. The van der Waals surface area contributed by atoms with Gasteiger partial charge in [-0.1, -0.05) is 85.8 Å². The Labute approximate surface area is 315 Å². The highest BCUT2D eigenvalue weighted by Gasteiger charge is 2.85. The molecule has 290 valence electrons. The van der Waals surface area contributed by atoms with Gasteiger partial charge in [0.25, 0.3) is 10.0 Å². The fraction of sp³-hybridized carbons (Fsp3) is 0.714. The molecule has 4 N–H and O–H groups in total. The van der Waals surface area contributed by atoms with E-state index in [0.29, 0.717) is 36.7 Å². The number of ketones is 2. The van der Waals surface area contributed by atoms with E-state index in [0.717, 1.165) is 51.4 Å². The fourth-order valence-corrected chi connectivity index (χ4v) is 12.9. The van der Waals surface area contributed by atoms with Crippen LogP contribution in [-0.2, 0) is 29.2 Å². The van der Waals surface area contributed by atoms with Crippen molar-refractivity contribution in [2.45, 2.75) is 142 Å². The number of sulfonamides is 1. The molecule has 2 aromatic rings. The maximum Gasteiger partial charge on any atom is 0.266 e. The molecule has 53 heavy (non-hydrogen) atoms. The van der Waals surface area contributed by atoms with Gasteiger partial charge in [-0.3, -0.25) is 19.2 Å². The summed E-state index contributed by atoms with van der Waals surface area (Å²) in [6.07, 6.45) is 11.5. The molecule has 7 rings (SSSR count). The van der Waals surface area contributed by atoms with E-state index in [1.165, 1.54) is 6.07 Å². The summed E-state index contributed by atoms with van der Waals surface area (Å²) in [5, 5.41) is 0.710. The van der Waals surface area contributed by atoms with E-state index in [4.69, 9.17) is 5.73 Å². The maximum atomic E-state index is 15.0. The minimum absolute atomic E-state index is 0.0224. The SMILES string of the molecule is CC[C@@H]1C[C@]1(CC(=O)[C@@H]1C[C@@]2(CN1C(=O)[C@@H](CC(=O)[C@@H](N)C1CCCCC1)C(C)(C)C)C(C)(C)C21CCC1)C(=O)NS(=O)(=O)c1cccc2cc[nH]c12. The number of benzene rings is 1. The highest BCUT2D eigenvalue weighted by molar-refractivity contribution is 7.90. The van der Waals surface area contributed by atoms with Crippen molar-refractivity contribution in [1.82, 2.24) is 14.6 Å². The van der Waals surface area contributed by atoms with Gasteiger partial charge in [0.2, 0.25) is 11.8 Å². The van der Waals surface area contributed by atoms with Crippen LogP contribution in [0.1, 0.15) is 125 Å². The molecule has 1 saturated heterocycles. The second kappa shape index (κ2) is 13.0. The van der Waals surface area contributed by atoms with Crippen molar-refractivity contribution in [3.05, 3.63) is 30.5 Å². The lowest BCUT2D eigenvalue weighted by Gasteiger charge is -2.36. The van der Waals surface area contributed by atoms with E-state index in [-0.39, 0.29) is 63.3 Å². The van der Waals surface area contributed by atoms with Crippen molar-refractivity contribution in [3.63, 3.8) is 0 Å². The molecule has 2 heterocycles. The molecule has 5 fully saturated rings. The molecule has 0 radical (unpaired) electrons. The van der Waals surface area contributed by atoms with Crippen LogP contribution >= 0.6 is 0 Å². The zero-order valence-corrected chi connectivity index (χ0v) is 33.4. The molecular weight excluding hydrogens is 689 g/mol. The standard InChI is InChI=1S/C42H60N4O6S/c1-7-28-22-40(28,37(50)45-53(51,52)33-16-11-15-27-17-20-44-35(27)33)24-32(48)30-23-42(39(5,6)41(42)18-12-19-41)25-46(30)36(49)29(38(2,3)4)21-31(47)34(43)26-13-9-8-10-14-26/h11,15-17,20,26,28-30,34,44H,7-10,12-14,18-19,21-25,43H2,1-6H3,(H,45,50)/t28-,29-,30+,34+,40-,42-/m1/s1. The quantitative estimate of drug-likeness (QED) is 0.219. The molecule has 2 spiro atoms. The third-order valence-electron chi connectivity index (χ3n) is 15.5. The highest BCUT2D eigenvalue weighted by Crippen LogP contribution is 2.88. The number of rotatable bonds is 12. The first-order valence-electron chi connectivity index (χ1n) is 20.1. The van der Waals surface area contributed by atoms with Gasteiger partial charge in [-0.05, 0) is 78.7 Å². The van der Waals surface area contributed by atoms with Gasteiger partial charge in [-0.25, -0.2) is 13.1 Å². The number of carbonyl (C=O) groups is 4. The van der Waals surface area contributed by atoms with E-state index in [1.807, 2.05) is 27.7 Å². The number of nitrogens with zero attached hydrogens (tertiary/aromatic N) is 1. The summed E-state index contributed by atoms with van der Waals surface area (Å²) in [7, 11) is -4.25. The monoisotopic (exact) mass is 748 g/mol. The largest absolute Gasteiger partial charge is 0.360 e. The second-order valence-electron chi connectivity index (χ2n) is 19.1. The summed E-state index contributed by atoms with van der Waals surface area (Å²) in [6, 6.07) is 5.31. The van der Waals surface area contributed by atoms with Crippen LogP contribution in [0.15, 0.2) is 35.4 Å². The van der Waals surface area contributed by atoms with E-state index in [2.05, 4.69) is 23.6 Å². The van der Waals surface area contributed by atoms with E-state index >= 15 is 0 Å². The van der Waals surface area contributed by atoms with Gasteiger partial charge in [-0.2, -0.15) is 0 Å². The molecule has 11 heteroatoms. The lowest BCUT2D eigenvalue weighted by atomic mass is 9.73. The number of amides is 2. The molecule has 10 nitrogen and oxygen atoms in total. The number of para-hydroxylation sites is 1. The third kappa shape index (κ3) is 5.92. The number of nitrogens with two attached hydrogens (primary N) is 1. The Morgan fingerprint density at radius 3 is 2.28 bits per heavy atom. The maximum absolute atomic E-state index is 15.0. The topological polar surface area (TPSA) is 159 Å². The van der Waals surface area contributed by atoms with Crippen LogP contribution in [0.2, 0.25) is 0 Å². The average Bonchev–Trinajstić information content (AvgIpc) is 3.60. The summed E-state index contributed by atoms with van der Waals surface area (Å²) >= 11 is 0. The number of H-pyrrole nitrogens is 1. The van der Waals surface area contributed by atoms with Crippen LogP contribution in [0, 0.1) is 44.8 Å². The molecule has 6 atom stereocenters. The van der Waals surface area contributed by atoms with Crippen molar-refractivity contribution in [2.75, 3.05) is 6.54 Å². The minimum atomic E-state index is -4.25. The predicted octanol–water partition coefficient (Wildman–Crippen LogP) is 6.67. The molecule has 0 unspecified atom stereocenters. The molecule has 1 aromatic heterocycles. The number of hydrogen-bond donors (Lipinski definition) is 3. The van der Waals surface area contributed by atoms with Crippen molar-refractivity contribution >= 4 is 44.3 Å². The zero-order chi connectivity index (χ0) is 38.4. The number of carbonyl (C=O) groups excluding carboxylic acids is 4. The smallest absolute Gasteiger partial charge is 0.266 e. The van der Waals surface area contributed by atoms with E-state index < -0.39 is 44.8 Å². The summed E-state index contributed by atoms with van der Waals surface area (Å²) in [5.41, 5.74) is 5.05. The third-order valence-corrected chi connectivity index (χ3v) is 16.9. The van der Waals surface area contributed by atoms with Crippen molar-refractivity contribution in [1.29, 1.82) is 0 Å². The summed E-state index contributed by atoms with van der Waals surface area (Å²) < 4.78 is 29.7. The van der Waals surface area contributed by atoms with E-state index in [9.17, 15) is 27.6 Å². The van der Waals surface area contributed by atoms with Gasteiger partial charge in [-0.15, -0.1) is 0 Å². The first-order valence-corrected chi connectivity index (χ1v) is 21.6. The Morgan fingerprint density at radius 1 is 1.00 bits per heavy atom. The molecule has 4 aliphatic carbocycles. The fourth-order valence-electron chi connectivity index (χ4n) is 11.7. The number of fused-ring (bicyclic) bond motifs is 2. The summed E-state index contributed by atoms with van der Waals surface area (Å²) in [5.74, 6) is -1.80. The average molecular weight is 749 g/mol. The molecule has 0 bridgehead atoms. The van der Waals surface area contributed by atoms with Crippen LogP contribution < -0.4 is 10.5 Å². The molecule has 5 aliphatic rings. The Morgan fingerprint density at radius 2 is 1.70 bits per heavy atom. The molecule has 4 saturated carbocycles. The van der Waals surface area contributed by atoms with Gasteiger partial charge in [0, 0.05) is 42.3 Å². The normalized spacial score (nSPS) is 30.2. The van der Waals surface area contributed by atoms with Gasteiger partial charge in [0.15, 0.2) is 11.6 Å². The lowest BCUT2D eigenvalue weighted by Crippen LogP contribution is -2.49. The predicted molar refractivity (Wildman–Crippen MR) is 204 cm³/mol. The summed E-state index contributed by atoms with van der Waals surface area (Å²) in [6.45, 7) is 12.9. The van der Waals surface area contributed by atoms with Crippen molar-refractivity contribution in [3.8, 4) is 0 Å². The van der Waals surface area contributed by atoms with Crippen LogP contribution in [0.4, 0.5) is 0 Å². The molecule has 1 aromatic carbocycles. The van der Waals surface area contributed by atoms with Crippen molar-refractivity contribution in [2.24, 2.45) is 50.6 Å². The number of nitrogens with one attached hydrogen (secondary N) is 2. The number of aromatic nitrogens is 1. The Hall–Kier alpha value is -3.05. The lowest BCUT2D eigenvalue weighted by molar-refractivity contribution is -0.146. The minimum Gasteiger partial charge on any atom is -0.360 e. The highest BCUT2D eigenvalue weighted by atomic mass is 32.2. The van der Waals surface area contributed by atoms with Crippen LogP contribution in [0.3, 0.4) is 0 Å². The molecule has 1 aliphatic heterocycles. The Bertz CT molecular complexity index is 1920. The second-order valence-corrected chi connectivity index (χ2v) is 20.7. The number of likely N-dealkylation sites (tertiary alicyclic amines) is 1. The Balaban J connectivity index is 1.16. The number of hydrogen-bond acceptors (Lipinski definition) is 7. The van der Waals surface area contributed by atoms with Crippen LogP contribution in [0.25, 0.3) is 10.9 Å². The van der Waals surface area contributed by atoms with Gasteiger partial charge in [0.1, 0.15) is 4.90 Å². The summed E-state index contributed by atoms with van der Waals surface area (Å²) in [4.78, 5) is 62.4. The van der Waals surface area contributed by atoms with Crippen LogP contribution in [-0.4, -0.2) is 60.3 Å². The Kier molecular flexibility index (Phi) is 9.40. The van der Waals surface area contributed by atoms with Gasteiger partial charge in [0.05, 0.1) is 23.0 Å². The van der Waals surface area contributed by atoms with Gasteiger partial charge < -0.3 is 15.6 Å². The molecular formula is C42H60N4O6S.